The third kappa shape index (κ3) is 3.55. The molecule has 0 bridgehead atoms. The zero-order valence-corrected chi connectivity index (χ0v) is 10.0. The first kappa shape index (κ1) is 12.0. The molecule has 0 N–H and O–H groups in total. The van der Waals surface area contributed by atoms with Gasteiger partial charge in [0.1, 0.15) is 0 Å². The average Bonchev–Trinajstić information content (AvgIpc) is 2.27. The average molecular weight is 225 g/mol. The summed E-state index contributed by atoms with van der Waals surface area (Å²) in [5.41, 5.74) is -0.456. The maximum Gasteiger partial charge on any atom is 0.312 e. The number of rotatable bonds is 4. The molecule has 4 heteroatoms. The van der Waals surface area contributed by atoms with Crippen molar-refractivity contribution in [3.05, 3.63) is 24.5 Å². The standard InChI is InChI=1S/C11H15NO2S/c1-11(2,10(13)14-3)8-15-9-4-6-12-7-5-9/h4-7H,8H2,1-3H3. The second-order valence-electron chi connectivity index (χ2n) is 3.85. The Hall–Kier alpha value is -1.03. The monoisotopic (exact) mass is 225 g/mol. The molecule has 1 aromatic heterocycles. The first-order valence-electron chi connectivity index (χ1n) is 4.67. The summed E-state index contributed by atoms with van der Waals surface area (Å²) in [6.45, 7) is 3.76. The van der Waals surface area contributed by atoms with Crippen molar-refractivity contribution in [1.29, 1.82) is 0 Å². The van der Waals surface area contributed by atoms with E-state index < -0.39 is 5.41 Å². The van der Waals surface area contributed by atoms with Gasteiger partial charge in [-0.15, -0.1) is 11.8 Å². The van der Waals surface area contributed by atoms with Gasteiger partial charge in [-0.1, -0.05) is 0 Å². The highest BCUT2D eigenvalue weighted by Gasteiger charge is 2.28. The smallest absolute Gasteiger partial charge is 0.312 e. The van der Waals surface area contributed by atoms with Gasteiger partial charge in [-0.25, -0.2) is 0 Å². The van der Waals surface area contributed by atoms with Crippen molar-refractivity contribution in [2.24, 2.45) is 5.41 Å². The molecular formula is C11H15NO2S. The summed E-state index contributed by atoms with van der Waals surface area (Å²) in [6.07, 6.45) is 3.49. The Balaban J connectivity index is 2.53. The van der Waals surface area contributed by atoms with Gasteiger partial charge in [0.15, 0.2) is 0 Å². The lowest BCUT2D eigenvalue weighted by atomic mass is 9.97. The maximum absolute atomic E-state index is 11.4. The summed E-state index contributed by atoms with van der Waals surface area (Å²) in [5, 5.41) is 0. The summed E-state index contributed by atoms with van der Waals surface area (Å²) in [7, 11) is 1.42. The normalized spacial score (nSPS) is 11.1. The fourth-order valence-electron chi connectivity index (χ4n) is 1.03. The molecule has 0 saturated heterocycles. The van der Waals surface area contributed by atoms with Gasteiger partial charge in [0.05, 0.1) is 12.5 Å². The Kier molecular flexibility index (Phi) is 4.15. The van der Waals surface area contributed by atoms with E-state index in [4.69, 9.17) is 4.74 Å². The van der Waals surface area contributed by atoms with Crippen molar-refractivity contribution in [2.75, 3.05) is 12.9 Å². The minimum absolute atomic E-state index is 0.177. The zero-order valence-electron chi connectivity index (χ0n) is 9.19. The molecule has 0 radical (unpaired) electrons. The van der Waals surface area contributed by atoms with Gasteiger partial charge in [-0.05, 0) is 26.0 Å². The third-order valence-corrected chi connectivity index (χ3v) is 3.46. The van der Waals surface area contributed by atoms with Crippen LogP contribution in [0.5, 0.6) is 0 Å². The van der Waals surface area contributed by atoms with E-state index in [2.05, 4.69) is 4.98 Å². The molecule has 0 saturated carbocycles. The number of hydrogen-bond acceptors (Lipinski definition) is 4. The number of thioether (sulfide) groups is 1. The highest BCUT2D eigenvalue weighted by atomic mass is 32.2. The second-order valence-corrected chi connectivity index (χ2v) is 4.90. The first-order chi connectivity index (χ1) is 7.06. The SMILES string of the molecule is COC(=O)C(C)(C)CSc1ccncc1. The Morgan fingerprint density at radius 3 is 2.60 bits per heavy atom. The largest absolute Gasteiger partial charge is 0.469 e. The number of methoxy groups -OCH3 is 1. The molecule has 15 heavy (non-hydrogen) atoms. The summed E-state index contributed by atoms with van der Waals surface area (Å²) < 4.78 is 4.74. The van der Waals surface area contributed by atoms with Crippen LogP contribution in [-0.4, -0.2) is 23.8 Å². The summed E-state index contributed by atoms with van der Waals surface area (Å²) in [4.78, 5) is 16.5. The summed E-state index contributed by atoms with van der Waals surface area (Å²) in [6, 6.07) is 3.86. The highest BCUT2D eigenvalue weighted by molar-refractivity contribution is 7.99. The fraction of sp³-hybridized carbons (Fsp3) is 0.455. The zero-order chi connectivity index (χ0) is 11.3. The molecule has 0 aromatic carbocycles. The Morgan fingerprint density at radius 1 is 1.47 bits per heavy atom. The van der Waals surface area contributed by atoms with Crippen LogP contribution in [0.3, 0.4) is 0 Å². The van der Waals surface area contributed by atoms with E-state index in [1.165, 1.54) is 7.11 Å². The van der Waals surface area contributed by atoms with Gasteiger partial charge in [-0.2, -0.15) is 0 Å². The summed E-state index contributed by atoms with van der Waals surface area (Å²) >= 11 is 1.63. The van der Waals surface area contributed by atoms with Crippen LogP contribution in [0.2, 0.25) is 0 Å². The molecule has 0 atom stereocenters. The lowest BCUT2D eigenvalue weighted by Gasteiger charge is -2.20. The van der Waals surface area contributed by atoms with E-state index in [0.29, 0.717) is 5.75 Å². The number of carbonyl (C=O) groups is 1. The quantitative estimate of drug-likeness (QED) is 0.582. The Labute approximate surface area is 94.2 Å². The molecule has 3 nitrogen and oxygen atoms in total. The van der Waals surface area contributed by atoms with Gasteiger partial charge in [-0.3, -0.25) is 9.78 Å². The second kappa shape index (κ2) is 5.16. The third-order valence-electron chi connectivity index (χ3n) is 1.99. The molecular weight excluding hydrogens is 210 g/mol. The minimum Gasteiger partial charge on any atom is -0.469 e. The predicted octanol–water partition coefficient (Wildman–Crippen LogP) is 2.37. The lowest BCUT2D eigenvalue weighted by Crippen LogP contribution is -2.28. The predicted molar refractivity (Wildman–Crippen MR) is 60.8 cm³/mol. The van der Waals surface area contributed by atoms with Crippen LogP contribution < -0.4 is 0 Å². The van der Waals surface area contributed by atoms with Gasteiger partial charge < -0.3 is 4.74 Å². The van der Waals surface area contributed by atoms with Crippen molar-refractivity contribution in [3.63, 3.8) is 0 Å². The number of esters is 1. The van der Waals surface area contributed by atoms with Crippen molar-refractivity contribution < 1.29 is 9.53 Å². The van der Waals surface area contributed by atoms with Gasteiger partial charge in [0.25, 0.3) is 0 Å². The molecule has 0 fully saturated rings. The van der Waals surface area contributed by atoms with Crippen LogP contribution >= 0.6 is 11.8 Å². The van der Waals surface area contributed by atoms with E-state index in [9.17, 15) is 4.79 Å². The number of aromatic nitrogens is 1. The molecule has 82 valence electrons. The lowest BCUT2D eigenvalue weighted by molar-refractivity contribution is -0.149. The number of carbonyl (C=O) groups excluding carboxylic acids is 1. The van der Waals surface area contributed by atoms with Crippen molar-refractivity contribution in [3.8, 4) is 0 Å². The number of pyridine rings is 1. The van der Waals surface area contributed by atoms with Crippen LogP contribution in [0.4, 0.5) is 0 Å². The van der Waals surface area contributed by atoms with Crippen LogP contribution in [-0.2, 0) is 9.53 Å². The molecule has 1 aromatic rings. The Morgan fingerprint density at radius 2 is 2.07 bits per heavy atom. The topological polar surface area (TPSA) is 39.2 Å². The van der Waals surface area contributed by atoms with Gasteiger partial charge >= 0.3 is 5.97 Å². The molecule has 1 heterocycles. The van der Waals surface area contributed by atoms with Crippen LogP contribution in [0, 0.1) is 5.41 Å². The molecule has 0 aliphatic heterocycles. The van der Waals surface area contributed by atoms with E-state index in [1.807, 2.05) is 26.0 Å². The minimum atomic E-state index is -0.456. The highest BCUT2D eigenvalue weighted by Crippen LogP contribution is 2.28. The maximum atomic E-state index is 11.4. The molecule has 0 aliphatic rings. The van der Waals surface area contributed by atoms with E-state index in [1.54, 1.807) is 24.2 Å². The van der Waals surface area contributed by atoms with E-state index in [0.717, 1.165) is 4.90 Å². The van der Waals surface area contributed by atoms with Crippen molar-refractivity contribution in [1.82, 2.24) is 4.98 Å². The number of nitrogens with zero attached hydrogens (tertiary/aromatic N) is 1. The van der Waals surface area contributed by atoms with Crippen LogP contribution in [0.25, 0.3) is 0 Å². The summed E-state index contributed by atoms with van der Waals surface area (Å²) in [5.74, 6) is 0.521. The van der Waals surface area contributed by atoms with E-state index in [-0.39, 0.29) is 5.97 Å². The van der Waals surface area contributed by atoms with Crippen LogP contribution in [0.15, 0.2) is 29.4 Å². The number of ether oxygens (including phenoxy) is 1. The van der Waals surface area contributed by atoms with Crippen LogP contribution in [0.1, 0.15) is 13.8 Å². The van der Waals surface area contributed by atoms with Crippen molar-refractivity contribution >= 4 is 17.7 Å². The molecule has 1 rings (SSSR count). The first-order valence-corrected chi connectivity index (χ1v) is 5.66. The molecule has 0 unspecified atom stereocenters. The van der Waals surface area contributed by atoms with E-state index >= 15 is 0 Å². The fourth-order valence-corrected chi connectivity index (χ4v) is 1.99. The van der Waals surface area contributed by atoms with Gasteiger partial charge in [0, 0.05) is 23.0 Å². The Bertz CT molecular complexity index is 325. The van der Waals surface area contributed by atoms with Crippen molar-refractivity contribution in [2.45, 2.75) is 18.7 Å². The number of hydrogen-bond donors (Lipinski definition) is 0. The van der Waals surface area contributed by atoms with Gasteiger partial charge in [0.2, 0.25) is 0 Å². The molecule has 0 spiro atoms. The molecule has 0 amide bonds. The molecule has 0 aliphatic carbocycles.